The van der Waals surface area contributed by atoms with Crippen molar-refractivity contribution in [1.29, 1.82) is 0 Å². The van der Waals surface area contributed by atoms with E-state index in [1.165, 1.54) is 23.5 Å². The molecule has 0 unspecified atom stereocenters. The van der Waals surface area contributed by atoms with E-state index >= 15 is 0 Å². The first-order valence-electron chi connectivity index (χ1n) is 7.82. The molecule has 9 heteroatoms. The maximum absolute atomic E-state index is 12.6. The highest BCUT2D eigenvalue weighted by Gasteiger charge is 2.38. The molecule has 1 aromatic heterocycles. The van der Waals surface area contributed by atoms with E-state index < -0.39 is 4.92 Å². The topological polar surface area (TPSA) is 88.4 Å². The van der Waals surface area contributed by atoms with Gasteiger partial charge in [-0.2, -0.15) is 0 Å². The number of rotatable bonds is 3. The molecule has 2 aromatic rings. The lowest BCUT2D eigenvalue weighted by molar-refractivity contribution is -0.384. The van der Waals surface area contributed by atoms with Crippen molar-refractivity contribution in [3.63, 3.8) is 0 Å². The number of aromatic nitrogens is 1. The molecule has 0 spiro atoms. The van der Waals surface area contributed by atoms with Crippen molar-refractivity contribution < 1.29 is 9.72 Å². The van der Waals surface area contributed by atoms with Crippen LogP contribution in [0.4, 0.5) is 5.69 Å². The van der Waals surface area contributed by atoms with Gasteiger partial charge in [0.2, 0.25) is 0 Å². The molecule has 0 saturated carbocycles. The van der Waals surface area contributed by atoms with Crippen LogP contribution in [0, 0.1) is 22.0 Å². The van der Waals surface area contributed by atoms with Crippen LogP contribution < -0.4 is 5.32 Å². The Morgan fingerprint density at radius 2 is 2.04 bits per heavy atom. The van der Waals surface area contributed by atoms with E-state index in [4.69, 9.17) is 0 Å². The Bertz CT molecular complexity index is 800. The molecular formula is C16H17ClN4O3S. The second kappa shape index (κ2) is 7.07. The fourth-order valence-electron chi connectivity index (χ4n) is 3.44. The number of fused-ring (bicyclic) bond motifs is 1. The van der Waals surface area contributed by atoms with Gasteiger partial charge in [0, 0.05) is 49.3 Å². The zero-order chi connectivity index (χ0) is 16.7. The Balaban J connectivity index is 0.00000182. The SMILES string of the molecule is Cl.O=C(c1csc(-c2cccc([N+](=O)[O-])c2)n1)N1C[C@H]2CNC[C@H]2C1. The van der Waals surface area contributed by atoms with Gasteiger partial charge in [0.1, 0.15) is 10.7 Å². The summed E-state index contributed by atoms with van der Waals surface area (Å²) in [6.07, 6.45) is 0. The molecule has 0 aliphatic carbocycles. The lowest BCUT2D eigenvalue weighted by atomic mass is 10.0. The zero-order valence-electron chi connectivity index (χ0n) is 13.3. The Morgan fingerprint density at radius 1 is 1.32 bits per heavy atom. The molecule has 1 aromatic carbocycles. The van der Waals surface area contributed by atoms with E-state index in [-0.39, 0.29) is 24.0 Å². The maximum atomic E-state index is 12.6. The lowest BCUT2D eigenvalue weighted by Crippen LogP contribution is -2.32. The van der Waals surface area contributed by atoms with Crippen LogP contribution in [0.1, 0.15) is 10.5 Å². The number of carbonyl (C=O) groups excluding carboxylic acids is 1. The number of nitro benzene ring substituents is 1. The molecule has 0 radical (unpaired) electrons. The number of halogens is 1. The largest absolute Gasteiger partial charge is 0.337 e. The van der Waals surface area contributed by atoms with Crippen molar-refractivity contribution in [3.05, 3.63) is 45.5 Å². The average molecular weight is 381 g/mol. The molecule has 3 heterocycles. The van der Waals surface area contributed by atoms with Gasteiger partial charge < -0.3 is 10.2 Å². The number of non-ortho nitro benzene ring substituents is 1. The van der Waals surface area contributed by atoms with Gasteiger partial charge in [-0.1, -0.05) is 12.1 Å². The van der Waals surface area contributed by atoms with Crippen molar-refractivity contribution in [1.82, 2.24) is 15.2 Å². The van der Waals surface area contributed by atoms with E-state index in [0.717, 1.165) is 26.2 Å². The van der Waals surface area contributed by atoms with Crippen molar-refractivity contribution in [2.75, 3.05) is 26.2 Å². The Morgan fingerprint density at radius 3 is 2.72 bits per heavy atom. The van der Waals surface area contributed by atoms with Crippen molar-refractivity contribution >= 4 is 35.3 Å². The molecular weight excluding hydrogens is 364 g/mol. The summed E-state index contributed by atoms with van der Waals surface area (Å²) in [5, 5.41) is 16.6. The van der Waals surface area contributed by atoms with Crippen LogP contribution in [-0.2, 0) is 0 Å². The fourth-order valence-corrected chi connectivity index (χ4v) is 4.23. The maximum Gasteiger partial charge on any atom is 0.273 e. The summed E-state index contributed by atoms with van der Waals surface area (Å²) in [5.74, 6) is 1.05. The zero-order valence-corrected chi connectivity index (χ0v) is 14.9. The van der Waals surface area contributed by atoms with Crippen LogP contribution >= 0.6 is 23.7 Å². The Labute approximate surface area is 154 Å². The number of hydrogen-bond acceptors (Lipinski definition) is 6. The molecule has 0 bridgehead atoms. The van der Waals surface area contributed by atoms with Gasteiger partial charge in [-0.15, -0.1) is 23.7 Å². The summed E-state index contributed by atoms with van der Waals surface area (Å²) in [6, 6.07) is 6.33. The lowest BCUT2D eigenvalue weighted by Gasteiger charge is -2.15. The Hall–Kier alpha value is -2.03. The first-order chi connectivity index (χ1) is 11.6. The predicted octanol–water partition coefficient (Wildman–Crippen LogP) is 2.43. The van der Waals surface area contributed by atoms with Gasteiger partial charge in [-0.25, -0.2) is 4.98 Å². The molecule has 4 rings (SSSR count). The van der Waals surface area contributed by atoms with E-state index in [0.29, 0.717) is 28.1 Å². The highest BCUT2D eigenvalue weighted by atomic mass is 35.5. The summed E-state index contributed by atoms with van der Waals surface area (Å²) in [5.41, 5.74) is 1.11. The number of carbonyl (C=O) groups is 1. The third-order valence-electron chi connectivity index (χ3n) is 4.70. The van der Waals surface area contributed by atoms with Crippen LogP contribution in [0.3, 0.4) is 0 Å². The van der Waals surface area contributed by atoms with Gasteiger partial charge in [0.25, 0.3) is 11.6 Å². The van der Waals surface area contributed by atoms with E-state index in [1.54, 1.807) is 17.5 Å². The van der Waals surface area contributed by atoms with Gasteiger partial charge in [-0.05, 0) is 11.8 Å². The fraction of sp³-hybridized carbons (Fsp3) is 0.375. The predicted molar refractivity (Wildman–Crippen MR) is 97.2 cm³/mol. The molecule has 2 atom stereocenters. The summed E-state index contributed by atoms with van der Waals surface area (Å²) in [6.45, 7) is 3.51. The van der Waals surface area contributed by atoms with Crippen LogP contribution in [0.2, 0.25) is 0 Å². The molecule has 7 nitrogen and oxygen atoms in total. The average Bonchev–Trinajstić information content (AvgIpc) is 3.29. The van der Waals surface area contributed by atoms with Crippen molar-refractivity contribution in [2.45, 2.75) is 0 Å². The van der Waals surface area contributed by atoms with Crippen LogP contribution in [0.25, 0.3) is 10.6 Å². The minimum Gasteiger partial charge on any atom is -0.337 e. The molecule has 2 saturated heterocycles. The second-order valence-corrected chi connectivity index (χ2v) is 7.09. The molecule has 132 valence electrons. The molecule has 2 fully saturated rings. The van der Waals surface area contributed by atoms with Gasteiger partial charge in [0.15, 0.2) is 0 Å². The smallest absolute Gasteiger partial charge is 0.273 e. The second-order valence-electron chi connectivity index (χ2n) is 6.23. The van der Waals surface area contributed by atoms with E-state index in [2.05, 4.69) is 10.3 Å². The number of nitrogens with zero attached hydrogens (tertiary/aromatic N) is 3. The molecule has 2 aliphatic heterocycles. The first kappa shape index (κ1) is 17.8. The first-order valence-corrected chi connectivity index (χ1v) is 8.70. The normalized spacial score (nSPS) is 21.7. The minimum absolute atomic E-state index is 0. The number of thiazole rings is 1. The monoisotopic (exact) mass is 380 g/mol. The summed E-state index contributed by atoms with van der Waals surface area (Å²) >= 11 is 1.34. The molecule has 25 heavy (non-hydrogen) atoms. The van der Waals surface area contributed by atoms with E-state index in [9.17, 15) is 14.9 Å². The molecule has 1 N–H and O–H groups in total. The number of likely N-dealkylation sites (tertiary alicyclic amines) is 1. The Kier molecular flexibility index (Phi) is 5.03. The molecule has 1 amide bonds. The number of hydrogen-bond donors (Lipinski definition) is 1. The number of amides is 1. The third-order valence-corrected chi connectivity index (χ3v) is 5.60. The van der Waals surface area contributed by atoms with E-state index in [1.807, 2.05) is 4.90 Å². The highest BCUT2D eigenvalue weighted by Crippen LogP contribution is 2.30. The van der Waals surface area contributed by atoms with Crippen LogP contribution in [0.5, 0.6) is 0 Å². The van der Waals surface area contributed by atoms with Crippen LogP contribution in [0.15, 0.2) is 29.6 Å². The quantitative estimate of drug-likeness (QED) is 0.652. The number of nitro groups is 1. The van der Waals surface area contributed by atoms with Gasteiger partial charge >= 0.3 is 0 Å². The van der Waals surface area contributed by atoms with Crippen molar-refractivity contribution in [2.24, 2.45) is 11.8 Å². The standard InChI is InChI=1S/C16H16N4O3S.ClH/c21-16(19-7-11-5-17-6-12(11)8-19)14-9-24-15(18-14)10-2-1-3-13(4-10)20(22)23;/h1-4,9,11-12,17H,5-8H2;1H/t11-,12+;. The van der Waals surface area contributed by atoms with Gasteiger partial charge in [0.05, 0.1) is 4.92 Å². The summed E-state index contributed by atoms with van der Waals surface area (Å²) < 4.78 is 0. The summed E-state index contributed by atoms with van der Waals surface area (Å²) in [7, 11) is 0. The minimum atomic E-state index is -0.430. The molecule has 2 aliphatic rings. The van der Waals surface area contributed by atoms with Crippen molar-refractivity contribution in [3.8, 4) is 10.6 Å². The summed E-state index contributed by atoms with van der Waals surface area (Å²) in [4.78, 5) is 29.4. The number of benzene rings is 1. The highest BCUT2D eigenvalue weighted by molar-refractivity contribution is 7.13. The number of nitrogens with one attached hydrogen (secondary N) is 1. The van der Waals surface area contributed by atoms with Gasteiger partial charge in [-0.3, -0.25) is 14.9 Å². The third kappa shape index (κ3) is 3.37. The van der Waals surface area contributed by atoms with Crippen LogP contribution in [-0.4, -0.2) is 46.9 Å².